The van der Waals surface area contributed by atoms with Crippen molar-refractivity contribution in [1.29, 1.82) is 0 Å². The molecule has 0 aliphatic carbocycles. The van der Waals surface area contributed by atoms with Crippen LogP contribution < -0.4 is 0 Å². The summed E-state index contributed by atoms with van der Waals surface area (Å²) in [5.74, 6) is -0.851. The second kappa shape index (κ2) is 17.1. The van der Waals surface area contributed by atoms with Crippen LogP contribution in [0.2, 0.25) is 0 Å². The molecule has 0 saturated carbocycles. The number of carboxylic acids is 1. The number of aliphatic hydroxyl groups excluding tert-OH is 3. The van der Waals surface area contributed by atoms with Crippen LogP contribution in [0.25, 0.3) is 0 Å². The molecule has 142 valence electrons. The molecule has 0 rings (SSSR count). The number of rotatable bonds is 15. The molecule has 0 aliphatic heterocycles. The lowest BCUT2D eigenvalue weighted by molar-refractivity contribution is -0.137. The third kappa shape index (κ3) is 18.5. The molecule has 0 amide bonds. The number of hydrogen-bond donors (Lipinski definition) is 4. The molecule has 0 unspecified atom stereocenters. The Labute approximate surface area is 150 Å². The van der Waals surface area contributed by atoms with Gasteiger partial charge in [-0.2, -0.15) is 0 Å². The van der Waals surface area contributed by atoms with E-state index in [0.29, 0.717) is 19.3 Å². The first-order valence-electron chi connectivity index (χ1n) is 8.91. The van der Waals surface area contributed by atoms with Crippen molar-refractivity contribution >= 4 is 5.97 Å². The van der Waals surface area contributed by atoms with Gasteiger partial charge >= 0.3 is 5.97 Å². The van der Waals surface area contributed by atoms with Gasteiger partial charge in [-0.05, 0) is 38.5 Å². The molecule has 2 atom stereocenters. The van der Waals surface area contributed by atoms with Gasteiger partial charge in [-0.1, -0.05) is 55.0 Å². The van der Waals surface area contributed by atoms with Crippen molar-refractivity contribution in [2.24, 2.45) is 0 Å². The summed E-state index contributed by atoms with van der Waals surface area (Å²) in [6.07, 6.45) is 18.5. The van der Waals surface area contributed by atoms with Gasteiger partial charge in [-0.25, -0.2) is 0 Å². The second-order valence-corrected chi connectivity index (χ2v) is 5.86. The van der Waals surface area contributed by atoms with Crippen molar-refractivity contribution < 1.29 is 25.2 Å². The van der Waals surface area contributed by atoms with E-state index in [9.17, 15) is 15.0 Å². The van der Waals surface area contributed by atoms with Gasteiger partial charge in [0, 0.05) is 13.0 Å². The summed E-state index contributed by atoms with van der Waals surface area (Å²) in [5.41, 5.74) is 0. The van der Waals surface area contributed by atoms with E-state index in [-0.39, 0.29) is 13.0 Å². The van der Waals surface area contributed by atoms with E-state index in [2.05, 4.69) is 6.08 Å². The summed E-state index contributed by atoms with van der Waals surface area (Å²) < 4.78 is 0. The molecular weight excluding hydrogens is 320 g/mol. The predicted molar refractivity (Wildman–Crippen MR) is 100 cm³/mol. The van der Waals surface area contributed by atoms with Gasteiger partial charge < -0.3 is 20.4 Å². The highest BCUT2D eigenvalue weighted by atomic mass is 16.4. The van der Waals surface area contributed by atoms with Gasteiger partial charge in [0.1, 0.15) is 0 Å². The van der Waals surface area contributed by atoms with Crippen LogP contribution in [0.3, 0.4) is 0 Å². The Balaban J connectivity index is 3.79. The first-order valence-corrected chi connectivity index (χ1v) is 8.91. The lowest BCUT2D eigenvalue weighted by Gasteiger charge is -2.02. The van der Waals surface area contributed by atoms with Crippen LogP contribution in [-0.2, 0) is 4.79 Å². The number of carboxylic acid groups (broad SMARTS) is 1. The predicted octanol–water partition coefficient (Wildman–Crippen LogP) is 3.13. The molecule has 5 heteroatoms. The molecule has 0 bridgehead atoms. The topological polar surface area (TPSA) is 98.0 Å². The zero-order valence-corrected chi connectivity index (χ0v) is 14.8. The third-order valence-electron chi connectivity index (χ3n) is 3.46. The number of aliphatic hydroxyl groups is 3. The van der Waals surface area contributed by atoms with Crippen LogP contribution in [-0.4, -0.2) is 45.2 Å². The first-order chi connectivity index (χ1) is 12.1. The molecule has 0 aromatic heterocycles. The van der Waals surface area contributed by atoms with E-state index in [0.717, 1.165) is 25.7 Å². The van der Waals surface area contributed by atoms with Crippen molar-refractivity contribution in [2.45, 2.75) is 63.6 Å². The van der Waals surface area contributed by atoms with E-state index in [4.69, 9.17) is 10.2 Å². The molecule has 0 radical (unpaired) electrons. The highest BCUT2D eigenvalue weighted by Crippen LogP contribution is 2.03. The summed E-state index contributed by atoms with van der Waals surface area (Å²) >= 11 is 0. The summed E-state index contributed by atoms with van der Waals surface area (Å²) in [4.78, 5) is 10.4. The Bertz CT molecular complexity index is 437. The van der Waals surface area contributed by atoms with Gasteiger partial charge in [-0.15, -0.1) is 0 Å². The normalized spacial score (nSPS) is 15.0. The minimum Gasteiger partial charge on any atom is -0.481 e. The summed E-state index contributed by atoms with van der Waals surface area (Å²) in [5, 5.41) is 36.5. The molecule has 5 nitrogen and oxygen atoms in total. The van der Waals surface area contributed by atoms with Crippen molar-refractivity contribution in [3.63, 3.8) is 0 Å². The molecule has 0 aliphatic rings. The molecule has 0 fully saturated rings. The number of unbranched alkanes of at least 4 members (excludes halogenated alkanes) is 3. The highest BCUT2D eigenvalue weighted by molar-refractivity contribution is 5.66. The molecule has 0 saturated heterocycles. The third-order valence-corrected chi connectivity index (χ3v) is 3.46. The van der Waals surface area contributed by atoms with E-state index < -0.39 is 18.2 Å². The largest absolute Gasteiger partial charge is 0.481 e. The van der Waals surface area contributed by atoms with Crippen molar-refractivity contribution in [2.75, 3.05) is 6.61 Å². The SMILES string of the molecule is O=C(O)CCC[C@H](O)C=C/C=C/C=C/[C@H](O)C/C=C/CCCCCO. The van der Waals surface area contributed by atoms with E-state index in [1.165, 1.54) is 0 Å². The van der Waals surface area contributed by atoms with Crippen LogP contribution in [0.15, 0.2) is 48.6 Å². The molecule has 25 heavy (non-hydrogen) atoms. The fraction of sp³-hybridized carbons (Fsp3) is 0.550. The Morgan fingerprint density at radius 2 is 1.52 bits per heavy atom. The average Bonchev–Trinajstić information content (AvgIpc) is 2.56. The van der Waals surface area contributed by atoms with Crippen LogP contribution >= 0.6 is 0 Å². The maximum Gasteiger partial charge on any atom is 0.303 e. The van der Waals surface area contributed by atoms with E-state index >= 15 is 0 Å². The molecule has 0 spiro atoms. The second-order valence-electron chi connectivity index (χ2n) is 5.86. The minimum atomic E-state index is -0.851. The van der Waals surface area contributed by atoms with Crippen LogP contribution in [0, 0.1) is 0 Å². The van der Waals surface area contributed by atoms with Crippen molar-refractivity contribution in [1.82, 2.24) is 0 Å². The summed E-state index contributed by atoms with van der Waals surface area (Å²) in [7, 11) is 0. The number of allylic oxidation sites excluding steroid dienone is 5. The Morgan fingerprint density at radius 3 is 2.16 bits per heavy atom. The summed E-state index contributed by atoms with van der Waals surface area (Å²) in [6.45, 7) is 0.250. The fourth-order valence-electron chi connectivity index (χ4n) is 2.05. The molecule has 4 N–H and O–H groups in total. The smallest absolute Gasteiger partial charge is 0.303 e. The Kier molecular flexibility index (Phi) is 16.0. The monoisotopic (exact) mass is 352 g/mol. The fourth-order valence-corrected chi connectivity index (χ4v) is 2.05. The van der Waals surface area contributed by atoms with Gasteiger partial charge in [0.25, 0.3) is 0 Å². The average molecular weight is 352 g/mol. The highest BCUT2D eigenvalue weighted by Gasteiger charge is 2.01. The molecule has 0 aromatic carbocycles. The van der Waals surface area contributed by atoms with Gasteiger partial charge in [0.05, 0.1) is 12.2 Å². The lowest BCUT2D eigenvalue weighted by Crippen LogP contribution is -2.03. The quantitative estimate of drug-likeness (QED) is 0.206. The maximum absolute atomic E-state index is 10.4. The number of hydrogen-bond acceptors (Lipinski definition) is 4. The zero-order valence-electron chi connectivity index (χ0n) is 14.8. The van der Waals surface area contributed by atoms with Gasteiger partial charge in [-0.3, -0.25) is 4.79 Å². The minimum absolute atomic E-state index is 0.0679. The zero-order chi connectivity index (χ0) is 18.8. The molecular formula is C20H32O5. The lowest BCUT2D eigenvalue weighted by atomic mass is 10.1. The van der Waals surface area contributed by atoms with Crippen molar-refractivity contribution in [3.05, 3.63) is 48.6 Å². The number of aliphatic carboxylic acids is 1. The molecule has 0 aromatic rings. The van der Waals surface area contributed by atoms with E-state index in [1.807, 2.05) is 6.08 Å². The molecule has 0 heterocycles. The standard InChI is InChI=1S/C20H32O5/c21-17-10-6-2-1-3-7-12-18(22)13-8-4-5-9-14-19(23)15-11-16-20(24)25/h3-5,7-9,13-14,18-19,21-23H,1-2,6,10-12,15-17H2,(H,24,25)/b5-4+,7-3+,13-8+,14-9?/t18-,19-/m1/s1. The van der Waals surface area contributed by atoms with E-state index in [1.54, 1.807) is 36.5 Å². The van der Waals surface area contributed by atoms with Crippen molar-refractivity contribution in [3.8, 4) is 0 Å². The van der Waals surface area contributed by atoms with Gasteiger partial charge in [0.15, 0.2) is 0 Å². The summed E-state index contributed by atoms with van der Waals surface area (Å²) in [6, 6.07) is 0. The van der Waals surface area contributed by atoms with Crippen LogP contribution in [0.1, 0.15) is 51.4 Å². The Hall–Kier alpha value is -1.69. The first kappa shape index (κ1) is 23.3. The van der Waals surface area contributed by atoms with Crippen LogP contribution in [0.4, 0.5) is 0 Å². The maximum atomic E-state index is 10.4. The van der Waals surface area contributed by atoms with Gasteiger partial charge in [0.2, 0.25) is 0 Å². The van der Waals surface area contributed by atoms with Crippen LogP contribution in [0.5, 0.6) is 0 Å². The number of carbonyl (C=O) groups is 1. The Morgan fingerprint density at radius 1 is 0.840 bits per heavy atom.